The Kier molecular flexibility index (Phi) is 2.00. The van der Waals surface area contributed by atoms with E-state index in [-0.39, 0.29) is 0 Å². The van der Waals surface area contributed by atoms with Crippen LogP contribution in [0.5, 0.6) is 5.75 Å². The van der Waals surface area contributed by atoms with Crippen molar-refractivity contribution < 1.29 is 4.74 Å². The molecule has 1 heterocycles. The molecule has 78 valence electrons. The van der Waals surface area contributed by atoms with Gasteiger partial charge in [-0.05, 0) is 11.5 Å². The molecule has 0 aliphatic heterocycles. The van der Waals surface area contributed by atoms with Crippen molar-refractivity contribution in [1.82, 2.24) is 4.98 Å². The van der Waals surface area contributed by atoms with Crippen molar-refractivity contribution in [3.05, 3.63) is 48.7 Å². The Bertz CT molecular complexity index is 661. The Labute approximate surface area is 93.5 Å². The van der Waals surface area contributed by atoms with E-state index in [9.17, 15) is 0 Å². The number of nitrogens with zero attached hydrogens (tertiary/aromatic N) is 1. The van der Waals surface area contributed by atoms with Gasteiger partial charge in [0, 0.05) is 17.0 Å². The number of para-hydroxylation sites is 1. The van der Waals surface area contributed by atoms with Crippen molar-refractivity contribution in [2.24, 2.45) is 0 Å². The smallest absolute Gasteiger partial charge is 0.145 e. The van der Waals surface area contributed by atoms with Gasteiger partial charge >= 0.3 is 0 Å². The lowest BCUT2D eigenvalue weighted by Gasteiger charge is -2.06. The van der Waals surface area contributed by atoms with Gasteiger partial charge in [-0.15, -0.1) is 0 Å². The molecule has 0 fully saturated rings. The van der Waals surface area contributed by atoms with Gasteiger partial charge < -0.3 is 4.74 Å². The lowest BCUT2D eigenvalue weighted by atomic mass is 10.1. The predicted octanol–water partition coefficient (Wildman–Crippen LogP) is 3.40. The standard InChI is InChI=1S/C14H11NO/c1-16-13-8-4-7-12-11-6-3-2-5-10(11)9-15-14(12)13/h2-9H,1H3. The van der Waals surface area contributed by atoms with Crippen molar-refractivity contribution in [1.29, 1.82) is 0 Å². The second-order valence-corrected chi connectivity index (χ2v) is 3.70. The first-order valence-electron chi connectivity index (χ1n) is 5.20. The Balaban J connectivity index is 2.52. The Morgan fingerprint density at radius 3 is 2.62 bits per heavy atom. The number of fused-ring (bicyclic) bond motifs is 3. The van der Waals surface area contributed by atoms with Gasteiger partial charge in [0.05, 0.1) is 7.11 Å². The fourth-order valence-corrected chi connectivity index (χ4v) is 2.03. The molecule has 0 bridgehead atoms. The van der Waals surface area contributed by atoms with E-state index in [2.05, 4.69) is 23.2 Å². The van der Waals surface area contributed by atoms with Gasteiger partial charge in [-0.1, -0.05) is 36.4 Å². The van der Waals surface area contributed by atoms with E-state index in [1.54, 1.807) is 7.11 Å². The quantitative estimate of drug-likeness (QED) is 0.573. The molecule has 0 aliphatic rings. The maximum atomic E-state index is 5.31. The highest BCUT2D eigenvalue weighted by Gasteiger charge is 2.05. The highest BCUT2D eigenvalue weighted by Crippen LogP contribution is 2.28. The minimum absolute atomic E-state index is 0.822. The molecular weight excluding hydrogens is 198 g/mol. The Morgan fingerprint density at radius 1 is 0.938 bits per heavy atom. The van der Waals surface area contributed by atoms with E-state index in [0.29, 0.717) is 0 Å². The van der Waals surface area contributed by atoms with Gasteiger partial charge in [-0.25, -0.2) is 0 Å². The van der Waals surface area contributed by atoms with E-state index < -0.39 is 0 Å². The van der Waals surface area contributed by atoms with E-state index in [1.165, 1.54) is 5.39 Å². The summed E-state index contributed by atoms with van der Waals surface area (Å²) in [7, 11) is 1.67. The number of pyridine rings is 1. The SMILES string of the molecule is COc1cccc2c1ncc1ccccc12. The van der Waals surface area contributed by atoms with E-state index in [0.717, 1.165) is 22.0 Å². The third kappa shape index (κ3) is 1.23. The van der Waals surface area contributed by atoms with Crippen LogP contribution in [-0.2, 0) is 0 Å². The van der Waals surface area contributed by atoms with E-state index in [1.807, 2.05) is 30.5 Å². The predicted molar refractivity (Wildman–Crippen MR) is 65.8 cm³/mol. The summed E-state index contributed by atoms with van der Waals surface area (Å²) < 4.78 is 5.31. The molecule has 0 amide bonds. The first kappa shape index (κ1) is 9.16. The van der Waals surface area contributed by atoms with Crippen LogP contribution in [0.15, 0.2) is 48.7 Å². The van der Waals surface area contributed by atoms with Crippen molar-refractivity contribution in [2.45, 2.75) is 0 Å². The number of aromatic nitrogens is 1. The second kappa shape index (κ2) is 3.49. The van der Waals surface area contributed by atoms with Gasteiger partial charge in [0.2, 0.25) is 0 Å². The van der Waals surface area contributed by atoms with Crippen LogP contribution in [0.1, 0.15) is 0 Å². The molecule has 2 aromatic carbocycles. The molecule has 0 aliphatic carbocycles. The van der Waals surface area contributed by atoms with Crippen molar-refractivity contribution >= 4 is 21.7 Å². The Morgan fingerprint density at radius 2 is 1.75 bits per heavy atom. The maximum Gasteiger partial charge on any atom is 0.145 e. The lowest BCUT2D eigenvalue weighted by Crippen LogP contribution is -1.88. The molecular formula is C14H11NO. The summed E-state index contributed by atoms with van der Waals surface area (Å²) in [6.45, 7) is 0. The third-order valence-corrected chi connectivity index (χ3v) is 2.80. The average molecular weight is 209 g/mol. The van der Waals surface area contributed by atoms with Crippen LogP contribution in [0.3, 0.4) is 0 Å². The van der Waals surface area contributed by atoms with Gasteiger partial charge in [-0.2, -0.15) is 0 Å². The lowest BCUT2D eigenvalue weighted by molar-refractivity contribution is 0.419. The van der Waals surface area contributed by atoms with Gasteiger partial charge in [-0.3, -0.25) is 4.98 Å². The highest BCUT2D eigenvalue weighted by molar-refractivity contribution is 6.06. The van der Waals surface area contributed by atoms with Crippen LogP contribution in [0.4, 0.5) is 0 Å². The van der Waals surface area contributed by atoms with Crippen LogP contribution in [-0.4, -0.2) is 12.1 Å². The molecule has 3 aromatic rings. The van der Waals surface area contributed by atoms with Crippen LogP contribution >= 0.6 is 0 Å². The van der Waals surface area contributed by atoms with Crippen LogP contribution in [0.2, 0.25) is 0 Å². The number of methoxy groups -OCH3 is 1. The fraction of sp³-hybridized carbons (Fsp3) is 0.0714. The largest absolute Gasteiger partial charge is 0.494 e. The number of ether oxygens (including phenoxy) is 1. The molecule has 2 heteroatoms. The molecule has 3 rings (SSSR count). The second-order valence-electron chi connectivity index (χ2n) is 3.70. The first-order chi connectivity index (χ1) is 7.90. The Hall–Kier alpha value is -2.09. The summed E-state index contributed by atoms with van der Waals surface area (Å²) in [5.41, 5.74) is 0.920. The summed E-state index contributed by atoms with van der Waals surface area (Å²) in [4.78, 5) is 4.46. The zero-order valence-corrected chi connectivity index (χ0v) is 8.97. The summed E-state index contributed by atoms with van der Waals surface area (Å²) in [5.74, 6) is 0.822. The number of hydrogen-bond acceptors (Lipinski definition) is 2. The highest BCUT2D eigenvalue weighted by atomic mass is 16.5. The summed E-state index contributed by atoms with van der Waals surface area (Å²) >= 11 is 0. The fourth-order valence-electron chi connectivity index (χ4n) is 2.03. The summed E-state index contributed by atoms with van der Waals surface area (Å²) in [6, 6.07) is 14.3. The molecule has 0 N–H and O–H groups in total. The van der Waals surface area contributed by atoms with Crippen molar-refractivity contribution in [2.75, 3.05) is 7.11 Å². The summed E-state index contributed by atoms with van der Waals surface area (Å²) in [5, 5.41) is 3.51. The minimum atomic E-state index is 0.822. The molecule has 16 heavy (non-hydrogen) atoms. The normalized spacial score (nSPS) is 10.8. The zero-order chi connectivity index (χ0) is 11.0. The first-order valence-corrected chi connectivity index (χ1v) is 5.20. The van der Waals surface area contributed by atoms with Gasteiger partial charge in [0.25, 0.3) is 0 Å². The molecule has 0 unspecified atom stereocenters. The zero-order valence-electron chi connectivity index (χ0n) is 8.97. The molecule has 0 atom stereocenters. The molecule has 0 radical (unpaired) electrons. The molecule has 0 saturated carbocycles. The number of hydrogen-bond donors (Lipinski definition) is 0. The molecule has 0 saturated heterocycles. The van der Waals surface area contributed by atoms with Crippen LogP contribution < -0.4 is 4.74 Å². The topological polar surface area (TPSA) is 22.1 Å². The van der Waals surface area contributed by atoms with Crippen molar-refractivity contribution in [3.63, 3.8) is 0 Å². The maximum absolute atomic E-state index is 5.31. The summed E-state index contributed by atoms with van der Waals surface area (Å²) in [6.07, 6.45) is 1.89. The minimum Gasteiger partial charge on any atom is -0.494 e. The van der Waals surface area contributed by atoms with Crippen LogP contribution in [0.25, 0.3) is 21.7 Å². The van der Waals surface area contributed by atoms with Crippen molar-refractivity contribution in [3.8, 4) is 5.75 Å². The van der Waals surface area contributed by atoms with E-state index in [4.69, 9.17) is 4.74 Å². The average Bonchev–Trinajstić information content (AvgIpc) is 2.37. The van der Waals surface area contributed by atoms with Gasteiger partial charge in [0.15, 0.2) is 0 Å². The molecule has 0 spiro atoms. The number of rotatable bonds is 1. The monoisotopic (exact) mass is 209 g/mol. The molecule has 2 nitrogen and oxygen atoms in total. The van der Waals surface area contributed by atoms with E-state index >= 15 is 0 Å². The molecule has 1 aromatic heterocycles. The van der Waals surface area contributed by atoms with Crippen LogP contribution in [0, 0.1) is 0 Å². The van der Waals surface area contributed by atoms with Gasteiger partial charge in [0.1, 0.15) is 11.3 Å². The third-order valence-electron chi connectivity index (χ3n) is 2.80. The number of benzene rings is 2.